The van der Waals surface area contributed by atoms with Crippen molar-refractivity contribution in [1.82, 2.24) is 0 Å². The van der Waals surface area contributed by atoms with E-state index in [1.807, 2.05) is 24.4 Å². The summed E-state index contributed by atoms with van der Waals surface area (Å²) in [4.78, 5) is 4.75. The molecular weight excluding hydrogens is 488 g/mol. The molecule has 190 valence electrons. The first kappa shape index (κ1) is 24.5. The highest BCUT2D eigenvalue weighted by Gasteiger charge is 2.37. The number of nitrogens with zero attached hydrogens (tertiary/aromatic N) is 1. The van der Waals surface area contributed by atoms with Gasteiger partial charge in [-0.2, -0.15) is 0 Å². The molecule has 0 amide bonds. The number of anilines is 1. The minimum Gasteiger partial charge on any atom is -0.488 e. The third-order valence-electron chi connectivity index (χ3n) is 7.52. The number of para-hydroxylation sites is 1. The van der Waals surface area contributed by atoms with E-state index in [-0.39, 0.29) is 6.04 Å². The van der Waals surface area contributed by atoms with Gasteiger partial charge in [-0.15, -0.1) is 0 Å². The second kappa shape index (κ2) is 10.5. The predicted molar refractivity (Wildman–Crippen MR) is 158 cm³/mol. The molecule has 4 heteroatoms. The van der Waals surface area contributed by atoms with Gasteiger partial charge in [0.25, 0.3) is 0 Å². The number of rotatable bonds is 6. The number of hydrogen-bond acceptors (Lipinski definition) is 3. The van der Waals surface area contributed by atoms with Crippen LogP contribution in [-0.2, 0) is 6.61 Å². The van der Waals surface area contributed by atoms with Crippen LogP contribution in [0.15, 0.2) is 102 Å². The molecule has 4 aromatic carbocycles. The monoisotopic (exact) mass is 518 g/mol. The van der Waals surface area contributed by atoms with E-state index in [0.717, 1.165) is 29.0 Å². The molecule has 1 aliphatic carbocycles. The number of fused-ring (bicyclic) bond motifs is 3. The van der Waals surface area contributed by atoms with E-state index in [9.17, 15) is 0 Å². The lowest BCUT2D eigenvalue weighted by molar-refractivity contribution is 0.305. The van der Waals surface area contributed by atoms with Crippen LogP contribution in [-0.4, -0.2) is 6.21 Å². The van der Waals surface area contributed by atoms with Crippen LogP contribution in [0.1, 0.15) is 51.8 Å². The lowest BCUT2D eigenvalue weighted by Gasteiger charge is -2.37. The zero-order chi connectivity index (χ0) is 26.1. The Labute approximate surface area is 229 Å². The first-order valence-corrected chi connectivity index (χ1v) is 13.6. The highest BCUT2D eigenvalue weighted by Crippen LogP contribution is 2.49. The van der Waals surface area contributed by atoms with Crippen molar-refractivity contribution >= 4 is 29.2 Å². The topological polar surface area (TPSA) is 33.6 Å². The maximum atomic E-state index is 6.31. The molecule has 3 nitrogen and oxygen atoms in total. The number of halogens is 1. The predicted octanol–water partition coefficient (Wildman–Crippen LogP) is 9.11. The largest absolute Gasteiger partial charge is 0.488 e. The van der Waals surface area contributed by atoms with Crippen LogP contribution in [0.2, 0.25) is 5.02 Å². The Balaban J connectivity index is 1.19. The van der Waals surface area contributed by atoms with Crippen LogP contribution in [0.3, 0.4) is 0 Å². The quantitative estimate of drug-likeness (QED) is 0.204. The summed E-state index contributed by atoms with van der Waals surface area (Å²) >= 11 is 6.31. The van der Waals surface area contributed by atoms with Crippen LogP contribution in [0.4, 0.5) is 11.4 Å². The standard InChI is InChI=1S/C34H31ClN2O/c1-22-16-23(2)18-24(17-22)21-38-33-15-12-27(35)19-26(33)20-36-28-13-10-25(11-14-28)34-31-8-5-7-29(31)30-6-3-4-9-32(30)37-34/h3-7,9-20,29,31,34,37H,8,21H2,1-2H3/t29-,31+,34-/m0/s1. The maximum Gasteiger partial charge on any atom is 0.128 e. The lowest BCUT2D eigenvalue weighted by atomic mass is 9.77. The van der Waals surface area contributed by atoms with Gasteiger partial charge in [-0.3, -0.25) is 4.99 Å². The highest BCUT2D eigenvalue weighted by molar-refractivity contribution is 6.30. The molecular formula is C34H31ClN2O. The molecule has 0 aromatic heterocycles. The molecule has 0 unspecified atom stereocenters. The molecule has 0 saturated carbocycles. The third-order valence-corrected chi connectivity index (χ3v) is 7.76. The van der Waals surface area contributed by atoms with Crippen molar-refractivity contribution in [2.24, 2.45) is 10.9 Å². The Kier molecular flexibility index (Phi) is 6.78. The van der Waals surface area contributed by atoms with Gasteiger partial charge in [0.2, 0.25) is 0 Å². The molecule has 3 atom stereocenters. The van der Waals surface area contributed by atoms with Crippen molar-refractivity contribution in [2.45, 2.75) is 38.8 Å². The molecule has 0 bridgehead atoms. The van der Waals surface area contributed by atoms with E-state index < -0.39 is 0 Å². The summed E-state index contributed by atoms with van der Waals surface area (Å²) in [5.74, 6) is 1.77. The van der Waals surface area contributed by atoms with Crippen LogP contribution in [0.5, 0.6) is 5.75 Å². The average molecular weight is 519 g/mol. The Hall–Kier alpha value is -3.82. The molecule has 0 fully saturated rings. The Morgan fingerprint density at radius 3 is 2.55 bits per heavy atom. The first-order chi connectivity index (χ1) is 18.5. The molecule has 38 heavy (non-hydrogen) atoms. The van der Waals surface area contributed by atoms with E-state index in [1.54, 1.807) is 0 Å². The summed E-state index contributed by atoms with van der Waals surface area (Å²) in [6, 6.07) is 29.7. The SMILES string of the molecule is Cc1cc(C)cc(COc2ccc(Cl)cc2C=Nc2ccc([C@@H]3Nc4ccccc4[C@@H]4C=CC[C@H]43)cc2)c1. The normalized spacial score (nSPS) is 19.7. The number of allylic oxidation sites excluding steroid dienone is 2. The van der Waals surface area contributed by atoms with Gasteiger partial charge >= 0.3 is 0 Å². The summed E-state index contributed by atoms with van der Waals surface area (Å²) in [6.07, 6.45) is 7.64. The number of hydrogen-bond donors (Lipinski definition) is 1. The lowest BCUT2D eigenvalue weighted by Crippen LogP contribution is -2.28. The summed E-state index contributed by atoms with van der Waals surface area (Å²) in [5, 5.41) is 4.46. The van der Waals surface area contributed by atoms with Crippen molar-refractivity contribution in [3.63, 3.8) is 0 Å². The number of benzene rings is 4. The summed E-state index contributed by atoms with van der Waals surface area (Å²) in [5.41, 5.74) is 9.30. The summed E-state index contributed by atoms with van der Waals surface area (Å²) in [7, 11) is 0. The van der Waals surface area contributed by atoms with Gasteiger partial charge in [-0.1, -0.05) is 83.4 Å². The maximum absolute atomic E-state index is 6.31. The van der Waals surface area contributed by atoms with Gasteiger partial charge in [0.1, 0.15) is 12.4 Å². The van der Waals surface area contributed by atoms with Gasteiger partial charge < -0.3 is 10.1 Å². The summed E-state index contributed by atoms with van der Waals surface area (Å²) in [6.45, 7) is 4.71. The van der Waals surface area contributed by atoms with Gasteiger partial charge in [-0.05, 0) is 79.3 Å². The van der Waals surface area contributed by atoms with Crippen LogP contribution in [0.25, 0.3) is 0 Å². The fourth-order valence-corrected chi connectivity index (χ4v) is 6.03. The Morgan fingerprint density at radius 1 is 0.947 bits per heavy atom. The number of aryl methyl sites for hydroxylation is 2. The summed E-state index contributed by atoms with van der Waals surface area (Å²) < 4.78 is 6.18. The van der Waals surface area contributed by atoms with Crippen molar-refractivity contribution in [3.8, 4) is 5.75 Å². The zero-order valence-electron chi connectivity index (χ0n) is 21.7. The van der Waals surface area contributed by atoms with Crippen LogP contribution >= 0.6 is 11.6 Å². The van der Waals surface area contributed by atoms with Gasteiger partial charge in [0, 0.05) is 28.4 Å². The van der Waals surface area contributed by atoms with Gasteiger partial charge in [0.05, 0.1) is 11.7 Å². The first-order valence-electron chi connectivity index (χ1n) is 13.2. The van der Waals surface area contributed by atoms with E-state index in [1.165, 1.54) is 27.9 Å². The van der Waals surface area contributed by atoms with E-state index in [4.69, 9.17) is 21.3 Å². The number of aliphatic imine (C=N–C) groups is 1. The van der Waals surface area contributed by atoms with Gasteiger partial charge in [0.15, 0.2) is 0 Å². The highest BCUT2D eigenvalue weighted by atomic mass is 35.5. The van der Waals surface area contributed by atoms with E-state index in [2.05, 4.69) is 98.0 Å². The molecule has 1 heterocycles. The molecule has 1 aliphatic heterocycles. The van der Waals surface area contributed by atoms with Crippen molar-refractivity contribution in [1.29, 1.82) is 0 Å². The van der Waals surface area contributed by atoms with Crippen molar-refractivity contribution in [3.05, 3.63) is 135 Å². The minimum absolute atomic E-state index is 0.279. The molecule has 6 rings (SSSR count). The smallest absolute Gasteiger partial charge is 0.128 e. The van der Waals surface area contributed by atoms with Crippen molar-refractivity contribution in [2.75, 3.05) is 5.32 Å². The molecule has 0 spiro atoms. The van der Waals surface area contributed by atoms with Crippen molar-refractivity contribution < 1.29 is 4.74 Å². The molecule has 2 aliphatic rings. The number of nitrogens with one attached hydrogen (secondary N) is 1. The minimum atomic E-state index is 0.279. The fourth-order valence-electron chi connectivity index (χ4n) is 5.85. The molecule has 0 saturated heterocycles. The van der Waals surface area contributed by atoms with E-state index in [0.29, 0.717) is 23.5 Å². The molecule has 4 aromatic rings. The Morgan fingerprint density at radius 2 is 1.74 bits per heavy atom. The van der Waals surface area contributed by atoms with Crippen LogP contribution < -0.4 is 10.1 Å². The number of ether oxygens (including phenoxy) is 1. The molecule has 1 N–H and O–H groups in total. The van der Waals surface area contributed by atoms with Gasteiger partial charge in [-0.25, -0.2) is 0 Å². The van der Waals surface area contributed by atoms with Crippen LogP contribution in [0, 0.1) is 19.8 Å². The average Bonchev–Trinajstić information content (AvgIpc) is 3.41. The second-order valence-corrected chi connectivity index (χ2v) is 10.8. The Bertz CT molecular complexity index is 1500. The van der Waals surface area contributed by atoms with E-state index >= 15 is 0 Å². The fraction of sp³-hybridized carbons (Fsp3) is 0.206. The third kappa shape index (κ3) is 5.12. The zero-order valence-corrected chi connectivity index (χ0v) is 22.5. The molecule has 0 radical (unpaired) electrons. The second-order valence-electron chi connectivity index (χ2n) is 10.4.